The van der Waals surface area contributed by atoms with Crippen LogP contribution in [-0.4, -0.2) is 26.2 Å². The van der Waals surface area contributed by atoms with Crippen LogP contribution < -0.4 is 10.9 Å². The van der Waals surface area contributed by atoms with Gasteiger partial charge in [0.2, 0.25) is 5.91 Å². The number of rotatable bonds is 5. The number of amides is 1. The Kier molecular flexibility index (Phi) is 5.35. The fourth-order valence-corrected chi connectivity index (χ4v) is 3.36. The maximum absolute atomic E-state index is 12.5. The number of fused-ring (bicyclic) bond motifs is 1. The van der Waals surface area contributed by atoms with Crippen LogP contribution in [0.25, 0.3) is 11.0 Å². The number of nitrogens with zero attached hydrogens (tertiary/aromatic N) is 3. The Morgan fingerprint density at radius 2 is 2.16 bits per heavy atom. The first-order valence-electron chi connectivity index (χ1n) is 7.62. The van der Waals surface area contributed by atoms with E-state index in [1.54, 1.807) is 47.2 Å². The highest BCUT2D eigenvalue weighted by atomic mass is 35.5. The van der Waals surface area contributed by atoms with Gasteiger partial charge in [-0.3, -0.25) is 14.2 Å². The molecule has 1 aromatic carbocycles. The van der Waals surface area contributed by atoms with E-state index in [2.05, 4.69) is 15.3 Å². The molecular formula is C17H15ClN4O2S. The van der Waals surface area contributed by atoms with Gasteiger partial charge in [0.25, 0.3) is 5.56 Å². The van der Waals surface area contributed by atoms with Crippen LogP contribution in [0.1, 0.15) is 6.92 Å². The minimum Gasteiger partial charge on any atom is -0.325 e. The Morgan fingerprint density at radius 3 is 2.92 bits per heavy atom. The summed E-state index contributed by atoms with van der Waals surface area (Å²) >= 11 is 7.10. The summed E-state index contributed by atoms with van der Waals surface area (Å²) < 4.78 is 1.54. The molecule has 1 N–H and O–H groups in total. The van der Waals surface area contributed by atoms with Gasteiger partial charge in [-0.25, -0.2) is 9.97 Å². The zero-order valence-corrected chi connectivity index (χ0v) is 15.0. The van der Waals surface area contributed by atoms with Gasteiger partial charge in [0.15, 0.2) is 10.8 Å². The molecule has 0 aliphatic rings. The van der Waals surface area contributed by atoms with E-state index in [1.807, 2.05) is 6.92 Å². The van der Waals surface area contributed by atoms with E-state index in [0.29, 0.717) is 33.4 Å². The molecule has 0 spiro atoms. The second-order valence-electron chi connectivity index (χ2n) is 5.17. The van der Waals surface area contributed by atoms with Gasteiger partial charge in [0.05, 0.1) is 11.1 Å². The monoisotopic (exact) mass is 374 g/mol. The molecule has 25 heavy (non-hydrogen) atoms. The number of thioether (sulfide) groups is 1. The zero-order chi connectivity index (χ0) is 17.8. The van der Waals surface area contributed by atoms with Crippen molar-refractivity contribution in [3.63, 3.8) is 0 Å². The lowest BCUT2D eigenvalue weighted by molar-refractivity contribution is -0.113. The summed E-state index contributed by atoms with van der Waals surface area (Å²) in [6.07, 6.45) is 1.59. The molecule has 0 aliphatic heterocycles. The van der Waals surface area contributed by atoms with Crippen molar-refractivity contribution in [2.45, 2.75) is 18.6 Å². The molecule has 0 saturated carbocycles. The van der Waals surface area contributed by atoms with Crippen molar-refractivity contribution < 1.29 is 4.79 Å². The minimum absolute atomic E-state index is 0.122. The van der Waals surface area contributed by atoms with E-state index in [9.17, 15) is 9.59 Å². The molecule has 6 nitrogen and oxygen atoms in total. The molecule has 3 rings (SSSR count). The first-order chi connectivity index (χ1) is 12.1. The van der Waals surface area contributed by atoms with Crippen molar-refractivity contribution in [3.8, 4) is 0 Å². The lowest BCUT2D eigenvalue weighted by Gasteiger charge is -2.10. The summed E-state index contributed by atoms with van der Waals surface area (Å²) in [4.78, 5) is 33.2. The topological polar surface area (TPSA) is 76.9 Å². The first kappa shape index (κ1) is 17.4. The molecule has 0 saturated heterocycles. The predicted octanol–water partition coefficient (Wildman–Crippen LogP) is 3.20. The Labute approximate surface area is 153 Å². The third-order valence-corrected chi connectivity index (χ3v) is 4.66. The van der Waals surface area contributed by atoms with Gasteiger partial charge < -0.3 is 5.32 Å². The van der Waals surface area contributed by atoms with Crippen LogP contribution in [0, 0.1) is 0 Å². The summed E-state index contributed by atoms with van der Waals surface area (Å²) in [5.41, 5.74) is 0.854. The van der Waals surface area contributed by atoms with Gasteiger partial charge in [-0.15, -0.1) is 0 Å². The number of carbonyl (C=O) groups is 1. The van der Waals surface area contributed by atoms with Crippen molar-refractivity contribution in [3.05, 3.63) is 58.0 Å². The van der Waals surface area contributed by atoms with Crippen molar-refractivity contribution in [1.29, 1.82) is 0 Å². The maximum atomic E-state index is 12.5. The molecule has 2 aromatic heterocycles. The molecule has 0 aliphatic carbocycles. The Hall–Kier alpha value is -2.38. The standard InChI is InChI=1S/C17H15ClN4O2S/c1-2-22-16(24)13-7-4-8-19-15(13)21-17(22)25-10-14(23)20-12-6-3-5-11(18)9-12/h3-9H,2,10H2,1H3,(H,20,23). The fourth-order valence-electron chi connectivity index (χ4n) is 2.32. The minimum atomic E-state index is -0.203. The SMILES string of the molecule is CCn1c(SCC(=O)Nc2cccc(Cl)c2)nc2ncccc2c1=O. The van der Waals surface area contributed by atoms with Crippen molar-refractivity contribution >= 4 is 46.0 Å². The average molecular weight is 375 g/mol. The molecule has 128 valence electrons. The molecule has 0 fully saturated rings. The van der Waals surface area contributed by atoms with Crippen LogP contribution in [0.5, 0.6) is 0 Å². The quantitative estimate of drug-likeness (QED) is 0.548. The fraction of sp³-hybridized carbons (Fsp3) is 0.176. The van der Waals surface area contributed by atoms with E-state index in [0.717, 1.165) is 0 Å². The second kappa shape index (κ2) is 7.67. The number of anilines is 1. The molecule has 0 radical (unpaired) electrons. The third kappa shape index (κ3) is 4.00. The van der Waals surface area contributed by atoms with E-state index in [1.165, 1.54) is 11.8 Å². The molecule has 0 bridgehead atoms. The van der Waals surface area contributed by atoms with E-state index in [-0.39, 0.29) is 17.2 Å². The highest BCUT2D eigenvalue weighted by Gasteiger charge is 2.13. The number of hydrogen-bond acceptors (Lipinski definition) is 5. The van der Waals surface area contributed by atoms with Gasteiger partial charge in [-0.2, -0.15) is 0 Å². The predicted molar refractivity (Wildman–Crippen MR) is 100 cm³/mol. The average Bonchev–Trinajstić information content (AvgIpc) is 2.60. The van der Waals surface area contributed by atoms with Crippen LogP contribution >= 0.6 is 23.4 Å². The third-order valence-electron chi connectivity index (χ3n) is 3.45. The van der Waals surface area contributed by atoms with Crippen LogP contribution in [0.2, 0.25) is 5.02 Å². The summed E-state index contributed by atoms with van der Waals surface area (Å²) in [7, 11) is 0. The number of benzene rings is 1. The number of pyridine rings is 1. The van der Waals surface area contributed by atoms with Crippen LogP contribution in [0.3, 0.4) is 0 Å². The summed E-state index contributed by atoms with van der Waals surface area (Å²) in [6, 6.07) is 10.3. The molecule has 2 heterocycles. The van der Waals surface area contributed by atoms with Gasteiger partial charge in [-0.1, -0.05) is 29.4 Å². The van der Waals surface area contributed by atoms with Crippen molar-refractivity contribution in [1.82, 2.24) is 14.5 Å². The van der Waals surface area contributed by atoms with Gasteiger partial charge in [0, 0.05) is 23.5 Å². The number of aromatic nitrogens is 3. The molecule has 8 heteroatoms. The summed E-state index contributed by atoms with van der Waals surface area (Å²) in [5.74, 6) is -0.0811. The maximum Gasteiger partial charge on any atom is 0.263 e. The highest BCUT2D eigenvalue weighted by Crippen LogP contribution is 2.18. The van der Waals surface area contributed by atoms with Crippen LogP contribution in [0.4, 0.5) is 5.69 Å². The van der Waals surface area contributed by atoms with Gasteiger partial charge in [0.1, 0.15) is 0 Å². The lowest BCUT2D eigenvalue weighted by atomic mass is 10.3. The van der Waals surface area contributed by atoms with E-state index < -0.39 is 0 Å². The summed E-state index contributed by atoms with van der Waals surface area (Å²) in [5, 5.41) is 4.26. The lowest BCUT2D eigenvalue weighted by Crippen LogP contribution is -2.23. The Bertz CT molecular complexity index is 990. The van der Waals surface area contributed by atoms with Crippen molar-refractivity contribution in [2.75, 3.05) is 11.1 Å². The van der Waals surface area contributed by atoms with Gasteiger partial charge in [-0.05, 0) is 37.3 Å². The highest BCUT2D eigenvalue weighted by molar-refractivity contribution is 7.99. The smallest absolute Gasteiger partial charge is 0.263 e. The Balaban J connectivity index is 1.78. The van der Waals surface area contributed by atoms with Crippen LogP contribution in [0.15, 0.2) is 52.5 Å². The van der Waals surface area contributed by atoms with E-state index in [4.69, 9.17) is 11.6 Å². The molecule has 1 amide bonds. The normalized spacial score (nSPS) is 10.8. The molecule has 3 aromatic rings. The molecule has 0 atom stereocenters. The number of nitrogens with one attached hydrogen (secondary N) is 1. The largest absolute Gasteiger partial charge is 0.325 e. The second-order valence-corrected chi connectivity index (χ2v) is 6.54. The molecular weight excluding hydrogens is 360 g/mol. The first-order valence-corrected chi connectivity index (χ1v) is 8.98. The number of hydrogen-bond donors (Lipinski definition) is 1. The summed E-state index contributed by atoms with van der Waals surface area (Å²) in [6.45, 7) is 2.33. The van der Waals surface area contributed by atoms with E-state index >= 15 is 0 Å². The molecule has 0 unspecified atom stereocenters. The zero-order valence-electron chi connectivity index (χ0n) is 13.4. The van der Waals surface area contributed by atoms with Gasteiger partial charge >= 0.3 is 0 Å². The Morgan fingerprint density at radius 1 is 1.32 bits per heavy atom. The number of carbonyl (C=O) groups excluding carboxylic acids is 1. The van der Waals surface area contributed by atoms with Crippen LogP contribution in [-0.2, 0) is 11.3 Å². The number of halogens is 1. The van der Waals surface area contributed by atoms with Crippen molar-refractivity contribution in [2.24, 2.45) is 0 Å².